The summed E-state index contributed by atoms with van der Waals surface area (Å²) in [5.41, 5.74) is 6.48. The van der Waals surface area contributed by atoms with E-state index in [2.05, 4.69) is 20.9 Å². The highest BCUT2D eigenvalue weighted by Gasteiger charge is 2.06. The molecule has 0 radical (unpaired) electrons. The lowest BCUT2D eigenvalue weighted by atomic mass is 10.1. The normalized spacial score (nSPS) is 11.0. The first-order valence-electron chi connectivity index (χ1n) is 8.24. The quantitative estimate of drug-likeness (QED) is 0.269. The molecule has 0 unspecified atom stereocenters. The second-order valence-electron chi connectivity index (χ2n) is 5.25. The third-order valence-corrected chi connectivity index (χ3v) is 3.28. The van der Waals surface area contributed by atoms with Gasteiger partial charge in [0.1, 0.15) is 0 Å². The third kappa shape index (κ3) is 8.71. The van der Waals surface area contributed by atoms with Gasteiger partial charge in [-0.1, -0.05) is 12.1 Å². The summed E-state index contributed by atoms with van der Waals surface area (Å²) in [6, 6.07) is 7.08. The Hall–Kier alpha value is -2.61. The number of ether oxygens (including phenoxy) is 1. The second kappa shape index (κ2) is 11.9. The zero-order chi connectivity index (χ0) is 18.5. The van der Waals surface area contributed by atoms with E-state index in [-0.39, 0.29) is 12.5 Å². The number of benzene rings is 1. The van der Waals surface area contributed by atoms with Crippen molar-refractivity contribution in [1.82, 2.24) is 16.0 Å². The summed E-state index contributed by atoms with van der Waals surface area (Å²) >= 11 is 0. The minimum Gasteiger partial charge on any atom is -0.382 e. The van der Waals surface area contributed by atoms with Gasteiger partial charge in [0.05, 0.1) is 6.54 Å². The van der Waals surface area contributed by atoms with Crippen LogP contribution < -0.4 is 21.7 Å². The first-order chi connectivity index (χ1) is 12.1. The van der Waals surface area contributed by atoms with Crippen LogP contribution in [0.1, 0.15) is 29.3 Å². The maximum Gasteiger partial charge on any atom is 0.251 e. The standard InChI is InChI=1S/C17H27N5O3/c1-3-25-10-4-9-20-17(19-2)22-11-13-5-7-14(8-6-13)16(24)21-12-15(18)23/h5-8H,3-4,9-12H2,1-2H3,(H2,18,23)(H,21,24)(H2,19,20,22). The summed E-state index contributed by atoms with van der Waals surface area (Å²) in [5.74, 6) is -0.195. The topological polar surface area (TPSA) is 118 Å². The number of carbonyl (C=O) groups is 2. The molecule has 25 heavy (non-hydrogen) atoms. The predicted molar refractivity (Wildman–Crippen MR) is 97.3 cm³/mol. The number of rotatable bonds is 10. The van der Waals surface area contributed by atoms with Crippen LogP contribution in [0, 0.1) is 0 Å². The first kappa shape index (κ1) is 20.4. The van der Waals surface area contributed by atoms with Gasteiger partial charge in [-0.25, -0.2) is 0 Å². The van der Waals surface area contributed by atoms with Gasteiger partial charge in [-0.15, -0.1) is 0 Å². The van der Waals surface area contributed by atoms with Crippen LogP contribution in [-0.2, 0) is 16.1 Å². The number of carbonyl (C=O) groups excluding carboxylic acids is 2. The smallest absolute Gasteiger partial charge is 0.251 e. The number of amides is 2. The fourth-order valence-electron chi connectivity index (χ4n) is 1.98. The van der Waals surface area contributed by atoms with Crippen LogP contribution >= 0.6 is 0 Å². The van der Waals surface area contributed by atoms with Gasteiger partial charge in [-0.2, -0.15) is 0 Å². The van der Waals surface area contributed by atoms with Crippen molar-refractivity contribution in [3.8, 4) is 0 Å². The van der Waals surface area contributed by atoms with E-state index in [1.165, 1.54) is 0 Å². The number of aliphatic imine (C=N–C) groups is 1. The molecular weight excluding hydrogens is 322 g/mol. The number of guanidine groups is 1. The average Bonchev–Trinajstić information content (AvgIpc) is 2.62. The highest BCUT2D eigenvalue weighted by molar-refractivity contribution is 5.96. The largest absolute Gasteiger partial charge is 0.382 e. The Morgan fingerprint density at radius 2 is 1.88 bits per heavy atom. The summed E-state index contributed by atoms with van der Waals surface area (Å²) in [5, 5.41) is 8.85. The Kier molecular flexibility index (Phi) is 9.69. The summed E-state index contributed by atoms with van der Waals surface area (Å²) in [7, 11) is 1.71. The number of nitrogens with two attached hydrogens (primary N) is 1. The highest BCUT2D eigenvalue weighted by Crippen LogP contribution is 2.04. The molecule has 0 heterocycles. The molecule has 8 heteroatoms. The van der Waals surface area contributed by atoms with E-state index in [0.29, 0.717) is 18.1 Å². The SMILES string of the molecule is CCOCCCNC(=NC)NCc1ccc(C(=O)NCC(N)=O)cc1. The Balaban J connectivity index is 2.38. The molecule has 0 aliphatic carbocycles. The minimum absolute atomic E-state index is 0.173. The van der Waals surface area contributed by atoms with E-state index in [4.69, 9.17) is 10.5 Å². The van der Waals surface area contributed by atoms with Crippen LogP contribution in [0.3, 0.4) is 0 Å². The predicted octanol–water partition coefficient (Wildman–Crippen LogP) is -0.00670. The van der Waals surface area contributed by atoms with Gasteiger partial charge in [0.2, 0.25) is 5.91 Å². The van der Waals surface area contributed by atoms with Crippen molar-refractivity contribution in [2.24, 2.45) is 10.7 Å². The lowest BCUT2D eigenvalue weighted by molar-refractivity contribution is -0.117. The number of primary amides is 1. The van der Waals surface area contributed by atoms with Crippen LogP contribution in [0.15, 0.2) is 29.3 Å². The summed E-state index contributed by atoms with van der Waals surface area (Å²) in [6.45, 7) is 4.60. The molecule has 0 aliphatic rings. The maximum absolute atomic E-state index is 11.8. The second-order valence-corrected chi connectivity index (χ2v) is 5.25. The molecule has 8 nitrogen and oxygen atoms in total. The molecule has 5 N–H and O–H groups in total. The van der Waals surface area contributed by atoms with Crippen LogP contribution in [0.5, 0.6) is 0 Å². The molecule has 2 amide bonds. The average molecular weight is 349 g/mol. The maximum atomic E-state index is 11.8. The molecule has 138 valence electrons. The zero-order valence-corrected chi connectivity index (χ0v) is 14.8. The van der Waals surface area contributed by atoms with Crippen molar-refractivity contribution >= 4 is 17.8 Å². The number of nitrogens with zero attached hydrogens (tertiary/aromatic N) is 1. The lowest BCUT2D eigenvalue weighted by Crippen LogP contribution is -2.37. The van der Waals surface area contributed by atoms with Crippen LogP contribution in [0.4, 0.5) is 0 Å². The van der Waals surface area contributed by atoms with Crippen molar-refractivity contribution < 1.29 is 14.3 Å². The molecule has 0 fully saturated rings. The third-order valence-electron chi connectivity index (χ3n) is 3.28. The molecule has 0 saturated heterocycles. The van der Waals surface area contributed by atoms with Gasteiger partial charge < -0.3 is 26.4 Å². The van der Waals surface area contributed by atoms with Crippen molar-refractivity contribution in [3.63, 3.8) is 0 Å². The van der Waals surface area contributed by atoms with E-state index in [1.807, 2.05) is 19.1 Å². The van der Waals surface area contributed by atoms with Gasteiger partial charge in [0.25, 0.3) is 5.91 Å². The molecule has 1 rings (SSSR count). The van der Waals surface area contributed by atoms with E-state index >= 15 is 0 Å². The molecule has 0 spiro atoms. The number of hydrogen-bond acceptors (Lipinski definition) is 4. The first-order valence-corrected chi connectivity index (χ1v) is 8.24. The van der Waals surface area contributed by atoms with E-state index in [9.17, 15) is 9.59 Å². The van der Waals surface area contributed by atoms with Crippen LogP contribution in [0.25, 0.3) is 0 Å². The molecule has 1 aromatic rings. The highest BCUT2D eigenvalue weighted by atomic mass is 16.5. The fraction of sp³-hybridized carbons (Fsp3) is 0.471. The van der Waals surface area contributed by atoms with Crippen molar-refractivity contribution in [3.05, 3.63) is 35.4 Å². The van der Waals surface area contributed by atoms with Gasteiger partial charge >= 0.3 is 0 Å². The van der Waals surface area contributed by atoms with E-state index < -0.39 is 5.91 Å². The molecule has 1 aromatic carbocycles. The monoisotopic (exact) mass is 349 g/mol. The molecule has 0 saturated carbocycles. The summed E-state index contributed by atoms with van der Waals surface area (Å²) in [4.78, 5) is 26.6. The van der Waals surface area contributed by atoms with Crippen molar-refractivity contribution in [2.75, 3.05) is 33.4 Å². The van der Waals surface area contributed by atoms with Gasteiger partial charge in [-0.3, -0.25) is 14.6 Å². The van der Waals surface area contributed by atoms with Crippen LogP contribution in [0.2, 0.25) is 0 Å². The summed E-state index contributed by atoms with van der Waals surface area (Å²) < 4.78 is 5.28. The van der Waals surface area contributed by atoms with E-state index in [0.717, 1.165) is 31.7 Å². The van der Waals surface area contributed by atoms with Crippen molar-refractivity contribution in [1.29, 1.82) is 0 Å². The van der Waals surface area contributed by atoms with Gasteiger partial charge in [0, 0.05) is 38.9 Å². The minimum atomic E-state index is -0.575. The number of nitrogens with one attached hydrogen (secondary N) is 3. The molecular formula is C17H27N5O3. The molecule has 0 bridgehead atoms. The van der Waals surface area contributed by atoms with Crippen LogP contribution in [-0.4, -0.2) is 51.1 Å². The number of hydrogen-bond donors (Lipinski definition) is 4. The van der Waals surface area contributed by atoms with Crippen molar-refractivity contribution in [2.45, 2.75) is 19.9 Å². The molecule has 0 atom stereocenters. The fourth-order valence-corrected chi connectivity index (χ4v) is 1.98. The Labute approximate surface area is 148 Å². The lowest BCUT2D eigenvalue weighted by Gasteiger charge is -2.12. The van der Waals surface area contributed by atoms with Gasteiger partial charge in [0.15, 0.2) is 5.96 Å². The zero-order valence-electron chi connectivity index (χ0n) is 14.8. The Morgan fingerprint density at radius 3 is 2.48 bits per heavy atom. The Morgan fingerprint density at radius 1 is 1.16 bits per heavy atom. The van der Waals surface area contributed by atoms with Gasteiger partial charge in [-0.05, 0) is 31.0 Å². The molecule has 0 aliphatic heterocycles. The van der Waals surface area contributed by atoms with E-state index in [1.54, 1.807) is 19.2 Å². The summed E-state index contributed by atoms with van der Waals surface area (Å²) in [6.07, 6.45) is 0.906. The molecule has 0 aromatic heterocycles. The Bertz CT molecular complexity index is 572.